The van der Waals surface area contributed by atoms with Crippen LogP contribution < -0.4 is 10.2 Å². The fourth-order valence-corrected chi connectivity index (χ4v) is 5.34. The molecule has 0 radical (unpaired) electrons. The number of hydrogen-bond acceptors (Lipinski definition) is 9. The van der Waals surface area contributed by atoms with Crippen molar-refractivity contribution < 1.29 is 14.3 Å². The van der Waals surface area contributed by atoms with Gasteiger partial charge in [0.15, 0.2) is 10.8 Å². The molecule has 1 amide bonds. The van der Waals surface area contributed by atoms with E-state index in [2.05, 4.69) is 27.1 Å². The minimum absolute atomic E-state index is 0.152. The molecule has 3 heterocycles. The standard InChI is InChI=1S/C22H25N5O3S2/c1-3-30-21(29)15-4-6-16(7-5-15)25-17(28)12-31-20-18-19(23-13-24-20)26-22(32-18)27-10-8-14(2)9-11-27/h4-7,13-14H,3,8-12H2,1-2H3,(H,25,28). The molecule has 32 heavy (non-hydrogen) atoms. The number of thiazole rings is 1. The molecule has 1 saturated heterocycles. The molecule has 0 unspecified atom stereocenters. The number of ether oxygens (including phenoxy) is 1. The van der Waals surface area contributed by atoms with Gasteiger partial charge in [-0.05, 0) is 49.9 Å². The van der Waals surface area contributed by atoms with Gasteiger partial charge >= 0.3 is 5.97 Å². The van der Waals surface area contributed by atoms with Crippen LogP contribution in [0.4, 0.5) is 10.8 Å². The molecule has 1 aliphatic heterocycles. The van der Waals surface area contributed by atoms with E-state index < -0.39 is 0 Å². The predicted molar refractivity (Wildman–Crippen MR) is 128 cm³/mol. The Balaban J connectivity index is 1.37. The fourth-order valence-electron chi connectivity index (χ4n) is 3.40. The summed E-state index contributed by atoms with van der Waals surface area (Å²) in [5, 5.41) is 4.58. The molecule has 1 N–H and O–H groups in total. The van der Waals surface area contributed by atoms with Gasteiger partial charge in [0.1, 0.15) is 16.1 Å². The number of hydrogen-bond donors (Lipinski definition) is 1. The van der Waals surface area contributed by atoms with Crippen LogP contribution in [0, 0.1) is 5.92 Å². The number of nitrogens with zero attached hydrogens (tertiary/aromatic N) is 4. The number of nitrogens with one attached hydrogen (secondary N) is 1. The molecule has 1 aliphatic rings. The zero-order valence-corrected chi connectivity index (χ0v) is 19.7. The Labute approximate surface area is 194 Å². The van der Waals surface area contributed by atoms with Crippen molar-refractivity contribution in [3.05, 3.63) is 36.2 Å². The lowest BCUT2D eigenvalue weighted by atomic mass is 10.00. The highest BCUT2D eigenvalue weighted by atomic mass is 32.2. The summed E-state index contributed by atoms with van der Waals surface area (Å²) in [4.78, 5) is 39.9. The minimum Gasteiger partial charge on any atom is -0.462 e. The summed E-state index contributed by atoms with van der Waals surface area (Å²) in [5.74, 6) is 0.434. The van der Waals surface area contributed by atoms with Gasteiger partial charge in [0.2, 0.25) is 5.91 Å². The molecule has 0 saturated carbocycles. The molecule has 0 aliphatic carbocycles. The van der Waals surface area contributed by atoms with Gasteiger partial charge in [-0.15, -0.1) is 0 Å². The Morgan fingerprint density at radius 2 is 1.97 bits per heavy atom. The summed E-state index contributed by atoms with van der Waals surface area (Å²) in [7, 11) is 0. The van der Waals surface area contributed by atoms with Gasteiger partial charge in [0, 0.05) is 18.8 Å². The number of aromatic nitrogens is 3. The van der Waals surface area contributed by atoms with Crippen LogP contribution in [0.5, 0.6) is 0 Å². The maximum Gasteiger partial charge on any atom is 0.338 e. The Kier molecular flexibility index (Phi) is 7.21. The number of carbonyl (C=O) groups excluding carboxylic acids is 2. The summed E-state index contributed by atoms with van der Waals surface area (Å²) in [6, 6.07) is 6.64. The second kappa shape index (κ2) is 10.3. The van der Waals surface area contributed by atoms with Gasteiger partial charge in [-0.25, -0.2) is 14.8 Å². The number of anilines is 2. The van der Waals surface area contributed by atoms with E-state index >= 15 is 0 Å². The van der Waals surface area contributed by atoms with Crippen molar-refractivity contribution in [1.82, 2.24) is 15.0 Å². The van der Waals surface area contributed by atoms with Gasteiger partial charge in [-0.1, -0.05) is 30.0 Å². The second-order valence-electron chi connectivity index (χ2n) is 7.63. The molecule has 0 atom stereocenters. The Hall–Kier alpha value is -2.72. The SMILES string of the molecule is CCOC(=O)c1ccc(NC(=O)CSc2ncnc3nc(N4CCC(C)CC4)sc23)cc1. The highest BCUT2D eigenvalue weighted by molar-refractivity contribution is 8.00. The third-order valence-electron chi connectivity index (χ3n) is 5.22. The lowest BCUT2D eigenvalue weighted by Crippen LogP contribution is -2.32. The molecule has 1 aromatic carbocycles. The molecule has 168 valence electrons. The Morgan fingerprint density at radius 1 is 1.22 bits per heavy atom. The lowest BCUT2D eigenvalue weighted by Gasteiger charge is -2.29. The van der Waals surface area contributed by atoms with Gasteiger partial charge in [-0.2, -0.15) is 4.98 Å². The van der Waals surface area contributed by atoms with Gasteiger partial charge in [0.05, 0.1) is 17.9 Å². The van der Waals surface area contributed by atoms with Crippen LogP contribution in [-0.2, 0) is 9.53 Å². The Bertz CT molecular complexity index is 1090. The number of benzene rings is 1. The van der Waals surface area contributed by atoms with E-state index in [0.717, 1.165) is 33.9 Å². The number of thioether (sulfide) groups is 1. The van der Waals surface area contributed by atoms with Crippen LogP contribution >= 0.6 is 23.1 Å². The average molecular weight is 472 g/mol. The molecule has 3 aromatic rings. The number of rotatable bonds is 7. The molecule has 0 spiro atoms. The first-order valence-corrected chi connectivity index (χ1v) is 12.4. The van der Waals surface area contributed by atoms with Crippen molar-refractivity contribution in [3.8, 4) is 0 Å². The summed E-state index contributed by atoms with van der Waals surface area (Å²) >= 11 is 2.96. The monoisotopic (exact) mass is 471 g/mol. The normalized spacial score (nSPS) is 14.5. The van der Waals surface area contributed by atoms with E-state index in [1.165, 1.54) is 30.9 Å². The summed E-state index contributed by atoms with van der Waals surface area (Å²) in [6.07, 6.45) is 3.84. The Morgan fingerprint density at radius 3 is 2.69 bits per heavy atom. The molecular weight excluding hydrogens is 446 g/mol. The predicted octanol–water partition coefficient (Wildman–Crippen LogP) is 4.23. The number of esters is 1. The zero-order valence-electron chi connectivity index (χ0n) is 18.0. The van der Waals surface area contributed by atoms with Crippen LogP contribution in [0.3, 0.4) is 0 Å². The number of amides is 1. The fraction of sp³-hybridized carbons (Fsp3) is 0.409. The van der Waals surface area contributed by atoms with E-state index in [0.29, 0.717) is 23.5 Å². The van der Waals surface area contributed by atoms with Gasteiger partial charge < -0.3 is 15.0 Å². The summed E-state index contributed by atoms with van der Waals surface area (Å²) < 4.78 is 5.88. The first-order chi connectivity index (χ1) is 15.5. The first-order valence-electron chi connectivity index (χ1n) is 10.6. The summed E-state index contributed by atoms with van der Waals surface area (Å²) in [6.45, 7) is 6.39. The quantitative estimate of drug-likeness (QED) is 0.311. The molecule has 10 heteroatoms. The van der Waals surface area contributed by atoms with Crippen molar-refractivity contribution in [2.45, 2.75) is 31.7 Å². The molecule has 1 fully saturated rings. The van der Waals surface area contributed by atoms with Gasteiger partial charge in [-0.3, -0.25) is 4.79 Å². The lowest BCUT2D eigenvalue weighted by molar-refractivity contribution is -0.113. The van der Waals surface area contributed by atoms with Crippen molar-refractivity contribution in [3.63, 3.8) is 0 Å². The molecule has 2 aromatic heterocycles. The minimum atomic E-state index is -0.378. The van der Waals surface area contributed by atoms with E-state index in [-0.39, 0.29) is 17.6 Å². The highest BCUT2D eigenvalue weighted by Gasteiger charge is 2.21. The number of fused-ring (bicyclic) bond motifs is 1. The first kappa shape index (κ1) is 22.5. The number of carbonyl (C=O) groups is 2. The van der Waals surface area contributed by atoms with Crippen molar-refractivity contribution in [2.24, 2.45) is 5.92 Å². The molecule has 4 rings (SSSR count). The highest BCUT2D eigenvalue weighted by Crippen LogP contribution is 2.35. The molecule has 8 nitrogen and oxygen atoms in total. The van der Waals surface area contributed by atoms with E-state index in [1.807, 2.05) is 0 Å². The van der Waals surface area contributed by atoms with Crippen LogP contribution in [0.1, 0.15) is 37.0 Å². The topological polar surface area (TPSA) is 97.3 Å². The van der Waals surface area contributed by atoms with Crippen LogP contribution in [-0.4, -0.2) is 52.3 Å². The van der Waals surface area contributed by atoms with Crippen LogP contribution in [0.2, 0.25) is 0 Å². The summed E-state index contributed by atoms with van der Waals surface area (Å²) in [5.41, 5.74) is 1.75. The van der Waals surface area contributed by atoms with Crippen LogP contribution in [0.25, 0.3) is 10.3 Å². The second-order valence-corrected chi connectivity index (χ2v) is 9.57. The van der Waals surface area contributed by atoms with E-state index in [4.69, 9.17) is 9.72 Å². The zero-order chi connectivity index (χ0) is 22.5. The number of piperidine rings is 1. The third-order valence-corrected chi connectivity index (χ3v) is 7.45. The molecule has 0 bridgehead atoms. The largest absolute Gasteiger partial charge is 0.462 e. The maximum absolute atomic E-state index is 12.4. The smallest absolute Gasteiger partial charge is 0.338 e. The molecular formula is C22H25N5O3S2. The van der Waals surface area contributed by atoms with Crippen molar-refractivity contribution >= 4 is 56.1 Å². The maximum atomic E-state index is 12.4. The van der Waals surface area contributed by atoms with E-state index in [9.17, 15) is 9.59 Å². The van der Waals surface area contributed by atoms with Crippen LogP contribution in [0.15, 0.2) is 35.6 Å². The average Bonchev–Trinajstić information content (AvgIpc) is 3.24. The third kappa shape index (κ3) is 5.36. The van der Waals surface area contributed by atoms with Crippen molar-refractivity contribution in [1.29, 1.82) is 0 Å². The van der Waals surface area contributed by atoms with Gasteiger partial charge in [0.25, 0.3) is 0 Å². The van der Waals surface area contributed by atoms with Crippen molar-refractivity contribution in [2.75, 3.05) is 35.7 Å². The van der Waals surface area contributed by atoms with E-state index in [1.54, 1.807) is 42.5 Å².